The third-order valence-corrected chi connectivity index (χ3v) is 3.42. The molecule has 122 valence electrons. The van der Waals surface area contributed by atoms with Crippen LogP contribution in [0.3, 0.4) is 0 Å². The normalized spacial score (nSPS) is 11.9. The van der Waals surface area contributed by atoms with Crippen molar-refractivity contribution in [1.29, 1.82) is 0 Å². The molecule has 0 spiro atoms. The molecule has 1 aromatic heterocycles. The number of hydrogen-bond acceptors (Lipinski definition) is 6. The van der Waals surface area contributed by atoms with Crippen molar-refractivity contribution >= 4 is 5.69 Å². The topological polar surface area (TPSA) is 91.3 Å². The molecule has 24 heavy (non-hydrogen) atoms. The van der Waals surface area contributed by atoms with Crippen molar-refractivity contribution in [2.45, 2.75) is 19.4 Å². The Balaban J connectivity index is 1.83. The SMILES string of the molecule is CC[C@@H](Oc1ccccc1)c1nc(-c2cccc([N+](=O)[O-])c2)no1. The lowest BCUT2D eigenvalue weighted by Crippen LogP contribution is -2.06. The van der Waals surface area contributed by atoms with Crippen LogP contribution in [0.2, 0.25) is 0 Å². The Labute approximate surface area is 138 Å². The highest BCUT2D eigenvalue weighted by Crippen LogP contribution is 2.26. The van der Waals surface area contributed by atoms with E-state index in [0.717, 1.165) is 0 Å². The minimum atomic E-state index is -0.460. The Morgan fingerprint density at radius 1 is 1.21 bits per heavy atom. The molecule has 0 amide bonds. The second-order valence-corrected chi connectivity index (χ2v) is 5.09. The van der Waals surface area contributed by atoms with E-state index in [9.17, 15) is 10.1 Å². The van der Waals surface area contributed by atoms with Gasteiger partial charge in [-0.15, -0.1) is 0 Å². The number of nitrogens with zero attached hydrogens (tertiary/aromatic N) is 3. The van der Waals surface area contributed by atoms with E-state index in [0.29, 0.717) is 29.4 Å². The summed E-state index contributed by atoms with van der Waals surface area (Å²) in [6.07, 6.45) is 0.262. The average molecular weight is 325 g/mol. The maximum absolute atomic E-state index is 10.9. The summed E-state index contributed by atoms with van der Waals surface area (Å²) in [4.78, 5) is 14.7. The summed E-state index contributed by atoms with van der Waals surface area (Å²) in [5.74, 6) is 1.34. The van der Waals surface area contributed by atoms with Crippen molar-refractivity contribution in [3.05, 3.63) is 70.6 Å². The zero-order chi connectivity index (χ0) is 16.9. The molecule has 0 fully saturated rings. The zero-order valence-corrected chi connectivity index (χ0v) is 13.0. The van der Waals surface area contributed by atoms with Gasteiger partial charge in [0, 0.05) is 17.7 Å². The Morgan fingerprint density at radius 3 is 2.71 bits per heavy atom. The molecule has 3 rings (SSSR count). The van der Waals surface area contributed by atoms with Gasteiger partial charge in [-0.05, 0) is 18.6 Å². The standard InChI is InChI=1S/C17H15N3O4/c1-2-15(23-14-9-4-3-5-10-14)17-18-16(19-24-17)12-7-6-8-13(11-12)20(21)22/h3-11,15H,2H2,1H3/t15-/m1/s1. The summed E-state index contributed by atoms with van der Waals surface area (Å²) in [5.41, 5.74) is 0.500. The van der Waals surface area contributed by atoms with Gasteiger partial charge in [0.1, 0.15) is 5.75 Å². The van der Waals surface area contributed by atoms with Gasteiger partial charge in [0.05, 0.1) is 4.92 Å². The number of benzene rings is 2. The summed E-state index contributed by atoms with van der Waals surface area (Å²) >= 11 is 0. The molecule has 7 nitrogen and oxygen atoms in total. The van der Waals surface area contributed by atoms with Crippen molar-refractivity contribution in [1.82, 2.24) is 10.1 Å². The van der Waals surface area contributed by atoms with Gasteiger partial charge in [0.2, 0.25) is 5.82 Å². The van der Waals surface area contributed by atoms with E-state index in [-0.39, 0.29) is 11.8 Å². The average Bonchev–Trinajstić information content (AvgIpc) is 3.10. The zero-order valence-electron chi connectivity index (χ0n) is 13.0. The Bertz CT molecular complexity index is 833. The van der Waals surface area contributed by atoms with Gasteiger partial charge in [-0.2, -0.15) is 4.98 Å². The number of hydrogen-bond donors (Lipinski definition) is 0. The molecule has 0 unspecified atom stereocenters. The van der Waals surface area contributed by atoms with Crippen molar-refractivity contribution in [3.8, 4) is 17.1 Å². The Hall–Kier alpha value is -3.22. The highest BCUT2D eigenvalue weighted by atomic mass is 16.6. The number of nitro benzene ring substituents is 1. The lowest BCUT2D eigenvalue weighted by Gasteiger charge is -2.13. The number of rotatable bonds is 6. The first-order valence-corrected chi connectivity index (χ1v) is 7.47. The number of non-ortho nitro benzene ring substituents is 1. The molecule has 7 heteroatoms. The van der Waals surface area contributed by atoms with Crippen LogP contribution in [0.25, 0.3) is 11.4 Å². The third-order valence-electron chi connectivity index (χ3n) is 3.42. The van der Waals surface area contributed by atoms with Crippen LogP contribution in [0.4, 0.5) is 5.69 Å². The highest BCUT2D eigenvalue weighted by Gasteiger charge is 2.20. The fourth-order valence-electron chi connectivity index (χ4n) is 2.21. The lowest BCUT2D eigenvalue weighted by atomic mass is 10.2. The monoisotopic (exact) mass is 325 g/mol. The second kappa shape index (κ2) is 6.91. The fourth-order valence-corrected chi connectivity index (χ4v) is 2.21. The summed E-state index contributed by atoms with van der Waals surface area (Å²) in [5, 5.41) is 14.8. The Kier molecular flexibility index (Phi) is 4.51. The van der Waals surface area contributed by atoms with Crippen LogP contribution >= 0.6 is 0 Å². The second-order valence-electron chi connectivity index (χ2n) is 5.09. The lowest BCUT2D eigenvalue weighted by molar-refractivity contribution is -0.384. The molecule has 2 aromatic carbocycles. The first kappa shape index (κ1) is 15.7. The summed E-state index contributed by atoms with van der Waals surface area (Å²) in [6, 6.07) is 15.5. The van der Waals surface area contributed by atoms with Crippen LogP contribution < -0.4 is 4.74 Å². The Morgan fingerprint density at radius 2 is 2.00 bits per heavy atom. The molecule has 0 radical (unpaired) electrons. The van der Waals surface area contributed by atoms with E-state index < -0.39 is 4.92 Å². The molecule has 1 atom stereocenters. The molecule has 0 aliphatic heterocycles. The largest absolute Gasteiger partial charge is 0.481 e. The number of nitro groups is 1. The molecular formula is C17H15N3O4. The van der Waals surface area contributed by atoms with E-state index in [2.05, 4.69) is 10.1 Å². The van der Waals surface area contributed by atoms with E-state index in [1.807, 2.05) is 37.3 Å². The van der Waals surface area contributed by atoms with E-state index in [4.69, 9.17) is 9.26 Å². The predicted molar refractivity (Wildman–Crippen MR) is 86.5 cm³/mol. The minimum Gasteiger partial charge on any atom is -0.481 e. The smallest absolute Gasteiger partial charge is 0.270 e. The summed E-state index contributed by atoms with van der Waals surface area (Å²) < 4.78 is 11.1. The summed E-state index contributed by atoms with van der Waals surface area (Å²) in [7, 11) is 0. The maximum Gasteiger partial charge on any atom is 0.270 e. The highest BCUT2D eigenvalue weighted by molar-refractivity contribution is 5.58. The van der Waals surface area contributed by atoms with Crippen molar-refractivity contribution < 1.29 is 14.2 Å². The summed E-state index contributed by atoms with van der Waals surface area (Å²) in [6.45, 7) is 1.95. The molecule has 0 saturated carbocycles. The minimum absolute atomic E-state index is 0.0218. The third kappa shape index (κ3) is 3.40. The van der Waals surface area contributed by atoms with Gasteiger partial charge >= 0.3 is 0 Å². The first-order valence-electron chi connectivity index (χ1n) is 7.47. The number of ether oxygens (including phenoxy) is 1. The van der Waals surface area contributed by atoms with Crippen LogP contribution in [0.15, 0.2) is 59.1 Å². The van der Waals surface area contributed by atoms with Crippen LogP contribution in [0.5, 0.6) is 5.75 Å². The van der Waals surface area contributed by atoms with Crippen LogP contribution in [0, 0.1) is 10.1 Å². The first-order chi connectivity index (χ1) is 11.7. The van der Waals surface area contributed by atoms with Crippen LogP contribution in [-0.2, 0) is 0 Å². The van der Waals surface area contributed by atoms with E-state index in [1.165, 1.54) is 12.1 Å². The molecule has 3 aromatic rings. The number of para-hydroxylation sites is 1. The van der Waals surface area contributed by atoms with Gasteiger partial charge < -0.3 is 9.26 Å². The van der Waals surface area contributed by atoms with Gasteiger partial charge in [-0.1, -0.05) is 42.4 Å². The van der Waals surface area contributed by atoms with E-state index in [1.54, 1.807) is 12.1 Å². The molecule has 0 bridgehead atoms. The van der Waals surface area contributed by atoms with Gasteiger partial charge in [0.25, 0.3) is 11.6 Å². The molecule has 0 saturated heterocycles. The molecule has 0 aliphatic rings. The molecular weight excluding hydrogens is 310 g/mol. The van der Waals surface area contributed by atoms with Gasteiger partial charge in [-0.3, -0.25) is 10.1 Å². The van der Waals surface area contributed by atoms with Crippen molar-refractivity contribution in [2.75, 3.05) is 0 Å². The van der Waals surface area contributed by atoms with Crippen molar-refractivity contribution in [2.24, 2.45) is 0 Å². The predicted octanol–water partition coefficient (Wildman–Crippen LogP) is 4.17. The van der Waals surface area contributed by atoms with E-state index >= 15 is 0 Å². The van der Waals surface area contributed by atoms with Gasteiger partial charge in [-0.25, -0.2) is 0 Å². The molecule has 1 heterocycles. The van der Waals surface area contributed by atoms with Gasteiger partial charge in [0.15, 0.2) is 6.10 Å². The van der Waals surface area contributed by atoms with Crippen molar-refractivity contribution in [3.63, 3.8) is 0 Å². The van der Waals surface area contributed by atoms with Crippen LogP contribution in [0.1, 0.15) is 25.3 Å². The van der Waals surface area contributed by atoms with Crippen LogP contribution in [-0.4, -0.2) is 15.1 Å². The maximum atomic E-state index is 10.9. The quantitative estimate of drug-likeness (QED) is 0.499. The number of aromatic nitrogens is 2. The fraction of sp³-hybridized carbons (Fsp3) is 0.176. The molecule has 0 N–H and O–H groups in total. The molecule has 0 aliphatic carbocycles.